The maximum atomic E-state index is 12.1. The number of nitrogens with zero attached hydrogens (tertiary/aromatic N) is 3. The minimum Gasteiger partial charge on any atom is -0.325 e. The van der Waals surface area contributed by atoms with Crippen LogP contribution in [0.5, 0.6) is 0 Å². The summed E-state index contributed by atoms with van der Waals surface area (Å²) in [4.78, 5) is 16.3. The van der Waals surface area contributed by atoms with E-state index < -0.39 is 0 Å². The number of aromatic nitrogens is 3. The smallest absolute Gasteiger partial charge is 0.188 e. The van der Waals surface area contributed by atoms with Crippen LogP contribution >= 0.6 is 11.3 Å². The number of hydrogen-bond acceptors (Lipinski definition) is 5. The summed E-state index contributed by atoms with van der Waals surface area (Å²) in [5.74, 6) is 0.0117. The molecule has 0 unspecified atom stereocenters. The molecule has 0 spiro atoms. The summed E-state index contributed by atoms with van der Waals surface area (Å²) >= 11 is 1.43. The van der Waals surface area contributed by atoms with Gasteiger partial charge in [0.2, 0.25) is 0 Å². The van der Waals surface area contributed by atoms with Gasteiger partial charge >= 0.3 is 0 Å². The van der Waals surface area contributed by atoms with Gasteiger partial charge in [-0.1, -0.05) is 12.8 Å². The first-order valence-electron chi connectivity index (χ1n) is 6.98. The number of nitrogens with two attached hydrogens (primary N) is 1. The predicted octanol–water partition coefficient (Wildman–Crippen LogP) is 2.34. The lowest BCUT2D eigenvalue weighted by molar-refractivity contribution is 0.0987. The highest BCUT2D eigenvalue weighted by Gasteiger charge is 2.18. The molecular formula is C14H18N4OS. The third-order valence-electron chi connectivity index (χ3n) is 3.72. The SMILES string of the molecule is NCc1nc(C(=O)Cc2ccn(C3CCCC3)n2)cs1. The van der Waals surface area contributed by atoms with Crippen molar-refractivity contribution in [3.8, 4) is 0 Å². The molecule has 6 heteroatoms. The van der Waals surface area contributed by atoms with Crippen LogP contribution in [0.25, 0.3) is 0 Å². The molecule has 1 fully saturated rings. The van der Waals surface area contributed by atoms with Crippen LogP contribution < -0.4 is 5.73 Å². The fourth-order valence-corrected chi connectivity index (χ4v) is 3.31. The Morgan fingerprint density at radius 3 is 2.95 bits per heavy atom. The highest BCUT2D eigenvalue weighted by atomic mass is 32.1. The highest BCUT2D eigenvalue weighted by Crippen LogP contribution is 2.28. The van der Waals surface area contributed by atoms with Crippen LogP contribution in [0.15, 0.2) is 17.6 Å². The Morgan fingerprint density at radius 1 is 1.45 bits per heavy atom. The van der Waals surface area contributed by atoms with E-state index >= 15 is 0 Å². The van der Waals surface area contributed by atoms with E-state index in [0.29, 0.717) is 24.7 Å². The molecule has 0 radical (unpaired) electrons. The molecule has 0 amide bonds. The molecule has 0 aliphatic heterocycles. The van der Waals surface area contributed by atoms with Crippen LogP contribution in [0.3, 0.4) is 0 Å². The highest BCUT2D eigenvalue weighted by molar-refractivity contribution is 7.09. The number of rotatable bonds is 5. The van der Waals surface area contributed by atoms with E-state index in [9.17, 15) is 4.79 Å². The molecule has 0 bridgehead atoms. The summed E-state index contributed by atoms with van der Waals surface area (Å²) < 4.78 is 2.02. The summed E-state index contributed by atoms with van der Waals surface area (Å²) in [6.07, 6.45) is 7.25. The Bertz CT molecular complexity index is 598. The monoisotopic (exact) mass is 290 g/mol. The molecular weight excluding hydrogens is 272 g/mol. The van der Waals surface area contributed by atoms with Crippen molar-refractivity contribution in [3.63, 3.8) is 0 Å². The topological polar surface area (TPSA) is 73.8 Å². The first-order valence-corrected chi connectivity index (χ1v) is 7.86. The van der Waals surface area contributed by atoms with E-state index in [0.717, 1.165) is 10.7 Å². The summed E-state index contributed by atoms with van der Waals surface area (Å²) in [5.41, 5.74) is 6.84. The summed E-state index contributed by atoms with van der Waals surface area (Å²) in [6, 6.07) is 2.45. The van der Waals surface area contributed by atoms with Crippen molar-refractivity contribution >= 4 is 17.1 Å². The predicted molar refractivity (Wildman–Crippen MR) is 77.8 cm³/mol. The Labute approximate surface area is 121 Å². The Kier molecular flexibility index (Phi) is 3.93. The number of carbonyl (C=O) groups is 1. The van der Waals surface area contributed by atoms with E-state index in [1.807, 2.05) is 16.9 Å². The van der Waals surface area contributed by atoms with Gasteiger partial charge in [0.15, 0.2) is 5.78 Å². The lowest BCUT2D eigenvalue weighted by Crippen LogP contribution is -2.08. The van der Waals surface area contributed by atoms with Crippen molar-refractivity contribution in [1.82, 2.24) is 14.8 Å². The van der Waals surface area contributed by atoms with Gasteiger partial charge in [0, 0.05) is 18.1 Å². The van der Waals surface area contributed by atoms with E-state index in [4.69, 9.17) is 5.73 Å². The van der Waals surface area contributed by atoms with Gasteiger partial charge in [0.05, 0.1) is 18.2 Å². The van der Waals surface area contributed by atoms with Crippen molar-refractivity contribution in [3.05, 3.63) is 34.0 Å². The number of ketones is 1. The molecule has 5 nitrogen and oxygen atoms in total. The van der Waals surface area contributed by atoms with Gasteiger partial charge < -0.3 is 5.73 Å². The molecule has 1 aliphatic rings. The van der Waals surface area contributed by atoms with Gasteiger partial charge in [-0.2, -0.15) is 5.10 Å². The van der Waals surface area contributed by atoms with Crippen LogP contribution in [-0.2, 0) is 13.0 Å². The van der Waals surface area contributed by atoms with Gasteiger partial charge in [0.1, 0.15) is 10.7 Å². The zero-order valence-electron chi connectivity index (χ0n) is 11.3. The number of carbonyl (C=O) groups excluding carboxylic acids is 1. The van der Waals surface area contributed by atoms with Crippen molar-refractivity contribution in [1.29, 1.82) is 0 Å². The van der Waals surface area contributed by atoms with Crippen LogP contribution in [0, 0.1) is 0 Å². The van der Waals surface area contributed by atoms with Crippen LogP contribution in [-0.4, -0.2) is 20.5 Å². The summed E-state index contributed by atoms with van der Waals surface area (Å²) in [6.45, 7) is 0.383. The third kappa shape index (κ3) is 2.81. The van der Waals surface area contributed by atoms with Crippen LogP contribution in [0.2, 0.25) is 0 Å². The molecule has 0 aromatic carbocycles. The third-order valence-corrected chi connectivity index (χ3v) is 4.59. The Morgan fingerprint density at radius 2 is 2.25 bits per heavy atom. The Balaban J connectivity index is 1.66. The maximum absolute atomic E-state index is 12.1. The number of thiazole rings is 1. The fraction of sp³-hybridized carbons (Fsp3) is 0.500. The average Bonchev–Trinajstić information content (AvgIpc) is 3.19. The molecule has 2 aromatic heterocycles. The molecule has 0 atom stereocenters. The zero-order chi connectivity index (χ0) is 13.9. The molecule has 2 aromatic rings. The number of Topliss-reactive ketones (excluding diaryl/α,β-unsaturated/α-hetero) is 1. The summed E-state index contributed by atoms with van der Waals surface area (Å²) in [5, 5.41) is 7.10. The van der Waals surface area contributed by atoms with Gasteiger partial charge in [-0.25, -0.2) is 4.98 Å². The molecule has 2 heterocycles. The van der Waals surface area contributed by atoms with Crippen LogP contribution in [0.1, 0.15) is 52.9 Å². The molecule has 0 saturated heterocycles. The van der Waals surface area contributed by atoms with Crippen molar-refractivity contribution in [2.75, 3.05) is 0 Å². The second kappa shape index (κ2) is 5.85. The number of hydrogen-bond donors (Lipinski definition) is 1. The molecule has 1 aliphatic carbocycles. The van der Waals surface area contributed by atoms with Gasteiger partial charge in [0.25, 0.3) is 0 Å². The lowest BCUT2D eigenvalue weighted by atomic mass is 10.2. The van der Waals surface area contributed by atoms with Crippen molar-refractivity contribution < 1.29 is 4.79 Å². The minimum atomic E-state index is 0.0117. The molecule has 3 rings (SSSR count). The van der Waals surface area contributed by atoms with Gasteiger partial charge in [-0.3, -0.25) is 9.48 Å². The van der Waals surface area contributed by atoms with E-state index in [2.05, 4.69) is 10.1 Å². The van der Waals surface area contributed by atoms with Crippen LogP contribution in [0.4, 0.5) is 0 Å². The molecule has 1 saturated carbocycles. The van der Waals surface area contributed by atoms with Gasteiger partial charge in [-0.05, 0) is 18.9 Å². The normalized spacial score (nSPS) is 15.8. The average molecular weight is 290 g/mol. The zero-order valence-corrected chi connectivity index (χ0v) is 12.1. The molecule has 2 N–H and O–H groups in total. The van der Waals surface area contributed by atoms with E-state index in [-0.39, 0.29) is 5.78 Å². The molecule has 106 valence electrons. The van der Waals surface area contributed by atoms with Gasteiger partial charge in [-0.15, -0.1) is 11.3 Å². The first-order chi connectivity index (χ1) is 9.76. The van der Waals surface area contributed by atoms with Crippen molar-refractivity contribution in [2.45, 2.75) is 44.7 Å². The summed E-state index contributed by atoms with van der Waals surface area (Å²) in [7, 11) is 0. The largest absolute Gasteiger partial charge is 0.325 e. The second-order valence-electron chi connectivity index (χ2n) is 5.16. The quantitative estimate of drug-likeness (QED) is 0.858. The minimum absolute atomic E-state index is 0.0117. The standard InChI is InChI=1S/C14H18N4OS/c15-8-14-16-12(9-20-14)13(19)7-10-5-6-18(17-10)11-3-1-2-4-11/h5-6,9,11H,1-4,7-8,15H2. The lowest BCUT2D eigenvalue weighted by Gasteiger charge is -2.08. The van der Waals surface area contributed by atoms with Crippen molar-refractivity contribution in [2.24, 2.45) is 5.73 Å². The Hall–Kier alpha value is -1.53. The van der Waals surface area contributed by atoms with E-state index in [1.54, 1.807) is 5.38 Å². The fourth-order valence-electron chi connectivity index (χ4n) is 2.63. The van der Waals surface area contributed by atoms with E-state index in [1.165, 1.54) is 37.0 Å². The molecule has 20 heavy (non-hydrogen) atoms. The first kappa shape index (κ1) is 13.5. The maximum Gasteiger partial charge on any atom is 0.188 e. The second-order valence-corrected chi connectivity index (χ2v) is 6.10.